The third kappa shape index (κ3) is 6.82. The molecule has 1 amide bonds. The molecule has 1 saturated heterocycles. The third-order valence-corrected chi connectivity index (χ3v) is 8.72. The molecule has 39 heavy (non-hydrogen) atoms. The Bertz CT molecular complexity index is 1540. The highest BCUT2D eigenvalue weighted by atomic mass is 35.5. The first-order valence-electron chi connectivity index (χ1n) is 12.0. The van der Waals surface area contributed by atoms with E-state index in [0.717, 1.165) is 48.1 Å². The standard InChI is InChI=1S/C26H25F2N5O3S2.ClH/c27-19-6-10-21(11-7-19)38(35,36)31-20-8-4-18(5-9-20)25(34)29-12-13-32-14-16-33(17-15-32)26-30-24-22(28)2-1-3-23(24)37-26;/h1-11,31H,12-17H2,(H,29,34);1H. The van der Waals surface area contributed by atoms with Crippen molar-refractivity contribution in [3.8, 4) is 0 Å². The number of carbonyl (C=O) groups excluding carboxylic acids is 1. The molecule has 2 heterocycles. The Kier molecular flexibility index (Phi) is 9.01. The van der Waals surface area contributed by atoms with Crippen molar-refractivity contribution in [2.24, 2.45) is 0 Å². The van der Waals surface area contributed by atoms with E-state index in [0.29, 0.717) is 29.9 Å². The number of amides is 1. The zero-order valence-corrected chi connectivity index (χ0v) is 23.1. The van der Waals surface area contributed by atoms with Gasteiger partial charge in [0.2, 0.25) is 0 Å². The lowest BCUT2D eigenvalue weighted by molar-refractivity contribution is 0.0948. The van der Waals surface area contributed by atoms with Gasteiger partial charge >= 0.3 is 0 Å². The van der Waals surface area contributed by atoms with Gasteiger partial charge in [-0.05, 0) is 60.7 Å². The van der Waals surface area contributed by atoms with Crippen LogP contribution in [0.25, 0.3) is 10.2 Å². The van der Waals surface area contributed by atoms with E-state index in [2.05, 4.69) is 24.8 Å². The van der Waals surface area contributed by atoms with E-state index in [9.17, 15) is 22.0 Å². The van der Waals surface area contributed by atoms with Gasteiger partial charge in [0.15, 0.2) is 5.13 Å². The fraction of sp³-hybridized carbons (Fsp3) is 0.231. The van der Waals surface area contributed by atoms with Crippen LogP contribution in [0.1, 0.15) is 10.4 Å². The van der Waals surface area contributed by atoms with Crippen molar-refractivity contribution >= 4 is 60.7 Å². The molecular weight excluding hydrogens is 568 g/mol. The summed E-state index contributed by atoms with van der Waals surface area (Å²) in [6.07, 6.45) is 0. The van der Waals surface area contributed by atoms with Crippen molar-refractivity contribution in [3.63, 3.8) is 0 Å². The van der Waals surface area contributed by atoms with Gasteiger partial charge in [0.25, 0.3) is 15.9 Å². The number of piperazine rings is 1. The minimum Gasteiger partial charge on any atom is -0.351 e. The fourth-order valence-corrected chi connectivity index (χ4v) is 6.24. The number of fused-ring (bicyclic) bond motifs is 1. The van der Waals surface area contributed by atoms with E-state index in [1.165, 1.54) is 53.8 Å². The molecule has 8 nitrogen and oxygen atoms in total. The highest BCUT2D eigenvalue weighted by molar-refractivity contribution is 7.92. The van der Waals surface area contributed by atoms with E-state index < -0.39 is 15.8 Å². The maximum absolute atomic E-state index is 14.0. The molecule has 13 heteroatoms. The SMILES string of the molecule is Cl.O=C(NCCN1CCN(c2nc3c(F)cccc3s2)CC1)c1ccc(NS(=O)(=O)c2ccc(F)cc2)cc1. The van der Waals surface area contributed by atoms with Crippen LogP contribution >= 0.6 is 23.7 Å². The second-order valence-electron chi connectivity index (χ2n) is 8.80. The zero-order chi connectivity index (χ0) is 26.7. The largest absolute Gasteiger partial charge is 0.351 e. The van der Waals surface area contributed by atoms with Gasteiger partial charge in [-0.1, -0.05) is 17.4 Å². The second kappa shape index (κ2) is 12.2. The summed E-state index contributed by atoms with van der Waals surface area (Å²) < 4.78 is 55.2. The molecule has 206 valence electrons. The van der Waals surface area contributed by atoms with E-state index in [1.54, 1.807) is 6.07 Å². The number of sulfonamides is 1. The maximum Gasteiger partial charge on any atom is 0.261 e. The van der Waals surface area contributed by atoms with Crippen molar-refractivity contribution in [3.05, 3.63) is 83.9 Å². The van der Waals surface area contributed by atoms with Crippen molar-refractivity contribution in [1.82, 2.24) is 15.2 Å². The molecule has 5 rings (SSSR count). The van der Waals surface area contributed by atoms with Gasteiger partial charge in [0.05, 0.1) is 9.60 Å². The fourth-order valence-electron chi connectivity index (χ4n) is 4.15. The number of anilines is 2. The Morgan fingerprint density at radius 2 is 1.64 bits per heavy atom. The van der Waals surface area contributed by atoms with Crippen molar-refractivity contribution in [2.45, 2.75) is 4.90 Å². The summed E-state index contributed by atoms with van der Waals surface area (Å²) in [4.78, 5) is 21.3. The normalized spacial score (nSPS) is 14.2. The lowest BCUT2D eigenvalue weighted by Gasteiger charge is -2.34. The predicted octanol–water partition coefficient (Wildman–Crippen LogP) is 4.35. The molecule has 0 atom stereocenters. The number of benzene rings is 3. The van der Waals surface area contributed by atoms with Crippen LogP contribution in [0.15, 0.2) is 71.6 Å². The number of rotatable bonds is 8. The Labute approximate surface area is 235 Å². The van der Waals surface area contributed by atoms with E-state index in [-0.39, 0.29) is 29.0 Å². The minimum absolute atomic E-state index is 0. The average molecular weight is 594 g/mol. The molecule has 0 bridgehead atoms. The molecule has 1 aliphatic heterocycles. The first-order valence-corrected chi connectivity index (χ1v) is 14.3. The molecule has 4 aromatic rings. The first kappa shape index (κ1) is 28.7. The molecule has 0 spiro atoms. The lowest BCUT2D eigenvalue weighted by atomic mass is 10.2. The maximum atomic E-state index is 14.0. The van der Waals surface area contributed by atoms with Crippen LogP contribution < -0.4 is 14.9 Å². The van der Waals surface area contributed by atoms with Gasteiger partial charge in [0.1, 0.15) is 17.2 Å². The summed E-state index contributed by atoms with van der Waals surface area (Å²) >= 11 is 1.49. The van der Waals surface area contributed by atoms with E-state index >= 15 is 0 Å². The van der Waals surface area contributed by atoms with Crippen LogP contribution in [0.4, 0.5) is 19.6 Å². The van der Waals surface area contributed by atoms with Crippen molar-refractivity contribution in [2.75, 3.05) is 48.9 Å². The third-order valence-electron chi connectivity index (χ3n) is 6.24. The van der Waals surface area contributed by atoms with Crippen LogP contribution in [0.5, 0.6) is 0 Å². The molecule has 3 aromatic carbocycles. The van der Waals surface area contributed by atoms with Gasteiger partial charge < -0.3 is 10.2 Å². The molecule has 2 N–H and O–H groups in total. The number of para-hydroxylation sites is 1. The van der Waals surface area contributed by atoms with Gasteiger partial charge in [-0.3, -0.25) is 14.4 Å². The quantitative estimate of drug-likeness (QED) is 0.315. The Hall–Kier alpha value is -3.32. The van der Waals surface area contributed by atoms with Crippen molar-refractivity contribution < 1.29 is 22.0 Å². The number of thiazole rings is 1. The van der Waals surface area contributed by atoms with Gasteiger partial charge in [-0.15, -0.1) is 12.4 Å². The number of hydrogen-bond acceptors (Lipinski definition) is 7. The van der Waals surface area contributed by atoms with Gasteiger partial charge in [-0.25, -0.2) is 22.2 Å². The topological polar surface area (TPSA) is 94.6 Å². The van der Waals surface area contributed by atoms with Crippen LogP contribution in [0, 0.1) is 11.6 Å². The minimum atomic E-state index is -3.87. The van der Waals surface area contributed by atoms with Crippen LogP contribution in [-0.4, -0.2) is 63.5 Å². The van der Waals surface area contributed by atoms with Crippen LogP contribution in [0.2, 0.25) is 0 Å². The summed E-state index contributed by atoms with van der Waals surface area (Å²) in [6, 6.07) is 15.6. The summed E-state index contributed by atoms with van der Waals surface area (Å²) in [6.45, 7) is 4.29. The van der Waals surface area contributed by atoms with Gasteiger partial charge in [-0.2, -0.15) is 0 Å². The molecular formula is C26H26ClF2N5O3S2. The smallest absolute Gasteiger partial charge is 0.261 e. The number of hydrogen-bond donors (Lipinski definition) is 2. The highest BCUT2D eigenvalue weighted by Gasteiger charge is 2.21. The summed E-state index contributed by atoms with van der Waals surface area (Å²) in [5, 5.41) is 3.71. The predicted molar refractivity (Wildman–Crippen MR) is 151 cm³/mol. The number of halogens is 3. The molecule has 1 aromatic heterocycles. The van der Waals surface area contributed by atoms with Crippen molar-refractivity contribution in [1.29, 1.82) is 0 Å². The molecule has 1 aliphatic rings. The zero-order valence-electron chi connectivity index (χ0n) is 20.6. The van der Waals surface area contributed by atoms with Crippen LogP contribution in [0.3, 0.4) is 0 Å². The van der Waals surface area contributed by atoms with Crippen LogP contribution in [-0.2, 0) is 10.0 Å². The number of nitrogens with one attached hydrogen (secondary N) is 2. The van der Waals surface area contributed by atoms with Gasteiger partial charge in [0, 0.05) is 50.5 Å². The number of nitrogens with zero attached hydrogens (tertiary/aromatic N) is 3. The monoisotopic (exact) mass is 593 g/mol. The molecule has 1 fully saturated rings. The van der Waals surface area contributed by atoms with E-state index in [1.807, 2.05) is 6.07 Å². The Morgan fingerprint density at radius 1 is 0.949 bits per heavy atom. The Morgan fingerprint density at radius 3 is 2.31 bits per heavy atom. The molecule has 0 radical (unpaired) electrons. The number of carbonyl (C=O) groups is 1. The first-order chi connectivity index (χ1) is 18.3. The molecule has 0 saturated carbocycles. The Balaban J connectivity index is 0.00000353. The summed E-state index contributed by atoms with van der Waals surface area (Å²) in [5.41, 5.74) is 1.11. The highest BCUT2D eigenvalue weighted by Crippen LogP contribution is 2.30. The number of aromatic nitrogens is 1. The molecule has 0 unspecified atom stereocenters. The average Bonchev–Trinajstić information content (AvgIpc) is 3.35. The van der Waals surface area contributed by atoms with E-state index in [4.69, 9.17) is 0 Å². The summed E-state index contributed by atoms with van der Waals surface area (Å²) in [7, 11) is -3.87. The lowest BCUT2D eigenvalue weighted by Crippen LogP contribution is -2.48. The second-order valence-corrected chi connectivity index (χ2v) is 11.5. The molecule has 0 aliphatic carbocycles. The summed E-state index contributed by atoms with van der Waals surface area (Å²) in [5.74, 6) is -1.09.